The van der Waals surface area contributed by atoms with Crippen LogP contribution in [0.5, 0.6) is 0 Å². The summed E-state index contributed by atoms with van der Waals surface area (Å²) >= 11 is 0. The Hall–Kier alpha value is -1.88. The van der Waals surface area contributed by atoms with Crippen LogP contribution in [0.15, 0.2) is 24.3 Å². The third-order valence-corrected chi connectivity index (χ3v) is 2.10. The second-order valence-electron chi connectivity index (χ2n) is 3.20. The van der Waals surface area contributed by atoms with Crippen molar-refractivity contribution in [1.82, 2.24) is 5.32 Å². The minimum Gasteiger partial charge on any atom is -0.468 e. The molecule has 16 heavy (non-hydrogen) atoms. The van der Waals surface area contributed by atoms with Gasteiger partial charge in [-0.15, -0.1) is 0 Å². The molecule has 0 fully saturated rings. The fourth-order valence-electron chi connectivity index (χ4n) is 1.29. The van der Waals surface area contributed by atoms with Gasteiger partial charge < -0.3 is 15.8 Å². The molecule has 0 saturated carbocycles. The summed E-state index contributed by atoms with van der Waals surface area (Å²) in [6.07, 6.45) is 0. The van der Waals surface area contributed by atoms with Crippen LogP contribution in [0.2, 0.25) is 0 Å². The molecule has 0 spiro atoms. The Kier molecular flexibility index (Phi) is 4.47. The van der Waals surface area contributed by atoms with Crippen LogP contribution in [0.3, 0.4) is 0 Å². The number of nitrogens with one attached hydrogen (secondary N) is 1. The molecule has 3 N–H and O–H groups in total. The fourth-order valence-corrected chi connectivity index (χ4v) is 1.29. The number of amides is 1. The Morgan fingerprint density at radius 1 is 1.38 bits per heavy atom. The molecule has 0 unspecified atom stereocenters. The van der Waals surface area contributed by atoms with E-state index in [4.69, 9.17) is 5.73 Å². The van der Waals surface area contributed by atoms with Crippen molar-refractivity contribution in [3.8, 4) is 0 Å². The molecule has 5 heteroatoms. The van der Waals surface area contributed by atoms with Gasteiger partial charge in [-0.25, -0.2) is 0 Å². The lowest BCUT2D eigenvalue weighted by Crippen LogP contribution is -2.25. The summed E-state index contributed by atoms with van der Waals surface area (Å²) in [7, 11) is 1.32. The highest BCUT2D eigenvalue weighted by Crippen LogP contribution is 2.07. The monoisotopic (exact) mass is 222 g/mol. The molecule has 0 aliphatic carbocycles. The minimum atomic E-state index is -0.476. The average Bonchev–Trinajstić information content (AvgIpc) is 2.29. The van der Waals surface area contributed by atoms with Crippen LogP contribution in [0.4, 0.5) is 0 Å². The number of benzene rings is 1. The maximum Gasteiger partial charge on any atom is 0.319 e. The molecular formula is C11H14N2O3. The summed E-state index contributed by atoms with van der Waals surface area (Å²) in [5.74, 6) is -0.827. The van der Waals surface area contributed by atoms with Crippen molar-refractivity contribution >= 4 is 11.9 Å². The number of carbonyl (C=O) groups excluding carboxylic acids is 2. The number of ether oxygens (including phenoxy) is 1. The molecule has 0 aromatic heterocycles. The standard InChI is InChI=1S/C11H14N2O3/c1-16-10(14)7-13-6-8-4-2-3-5-9(8)11(12)15/h2-5,13H,6-7H2,1H3,(H2,12,15). The van der Waals surface area contributed by atoms with Crippen LogP contribution in [0.1, 0.15) is 15.9 Å². The fraction of sp³-hybridized carbons (Fsp3) is 0.273. The van der Waals surface area contributed by atoms with Gasteiger partial charge in [0.25, 0.3) is 0 Å². The topological polar surface area (TPSA) is 81.4 Å². The van der Waals surface area contributed by atoms with Crippen LogP contribution in [0, 0.1) is 0 Å². The van der Waals surface area contributed by atoms with E-state index in [1.165, 1.54) is 7.11 Å². The van der Waals surface area contributed by atoms with E-state index in [9.17, 15) is 9.59 Å². The third kappa shape index (κ3) is 3.36. The molecule has 0 radical (unpaired) electrons. The van der Waals surface area contributed by atoms with Crippen molar-refractivity contribution in [3.63, 3.8) is 0 Å². The first kappa shape index (κ1) is 12.2. The molecule has 0 saturated heterocycles. The van der Waals surface area contributed by atoms with E-state index in [1.54, 1.807) is 18.2 Å². The zero-order chi connectivity index (χ0) is 12.0. The number of hydrogen-bond acceptors (Lipinski definition) is 4. The molecule has 1 rings (SSSR count). The van der Waals surface area contributed by atoms with Gasteiger partial charge >= 0.3 is 5.97 Å². The lowest BCUT2D eigenvalue weighted by Gasteiger charge is -2.07. The quantitative estimate of drug-likeness (QED) is 0.690. The summed E-state index contributed by atoms with van der Waals surface area (Å²) in [5.41, 5.74) is 6.44. The van der Waals surface area contributed by atoms with Gasteiger partial charge in [0.1, 0.15) is 0 Å². The molecule has 5 nitrogen and oxygen atoms in total. The van der Waals surface area contributed by atoms with Crippen molar-refractivity contribution in [3.05, 3.63) is 35.4 Å². The highest BCUT2D eigenvalue weighted by atomic mass is 16.5. The van der Waals surface area contributed by atoms with Gasteiger partial charge in [0.15, 0.2) is 0 Å². The predicted molar refractivity (Wildman–Crippen MR) is 58.7 cm³/mol. The number of nitrogens with two attached hydrogens (primary N) is 1. The normalized spacial score (nSPS) is 9.81. The van der Waals surface area contributed by atoms with Crippen LogP contribution >= 0.6 is 0 Å². The van der Waals surface area contributed by atoms with E-state index in [1.807, 2.05) is 6.07 Å². The Morgan fingerprint density at radius 3 is 2.69 bits per heavy atom. The van der Waals surface area contributed by atoms with E-state index >= 15 is 0 Å². The van der Waals surface area contributed by atoms with Gasteiger partial charge in [-0.2, -0.15) is 0 Å². The van der Waals surface area contributed by atoms with Crippen molar-refractivity contribution in [1.29, 1.82) is 0 Å². The SMILES string of the molecule is COC(=O)CNCc1ccccc1C(N)=O. The first-order chi connectivity index (χ1) is 7.65. The van der Waals surface area contributed by atoms with Gasteiger partial charge in [0, 0.05) is 12.1 Å². The second kappa shape index (κ2) is 5.87. The minimum absolute atomic E-state index is 0.101. The molecule has 0 aliphatic rings. The molecule has 0 heterocycles. The van der Waals surface area contributed by atoms with Gasteiger partial charge in [-0.05, 0) is 11.6 Å². The van der Waals surface area contributed by atoms with Crippen molar-refractivity contribution in [2.24, 2.45) is 5.73 Å². The first-order valence-corrected chi connectivity index (χ1v) is 4.80. The maximum atomic E-state index is 11.1. The number of esters is 1. The van der Waals surface area contributed by atoms with Crippen LogP contribution in [-0.2, 0) is 16.1 Å². The Morgan fingerprint density at radius 2 is 2.06 bits per heavy atom. The smallest absolute Gasteiger partial charge is 0.319 e. The summed E-state index contributed by atoms with van der Waals surface area (Å²) in [6.45, 7) is 0.498. The van der Waals surface area contributed by atoms with Crippen LogP contribution < -0.4 is 11.1 Å². The summed E-state index contributed by atoms with van der Waals surface area (Å²) in [4.78, 5) is 21.9. The van der Waals surface area contributed by atoms with E-state index < -0.39 is 5.91 Å². The van der Waals surface area contributed by atoms with Gasteiger partial charge in [-0.3, -0.25) is 9.59 Å². The molecule has 86 valence electrons. The molecule has 0 aliphatic heterocycles. The summed E-state index contributed by atoms with van der Waals surface area (Å²) < 4.78 is 4.47. The Bertz CT molecular complexity index is 391. The van der Waals surface area contributed by atoms with E-state index in [0.717, 1.165) is 5.56 Å². The molecule has 1 aromatic carbocycles. The third-order valence-electron chi connectivity index (χ3n) is 2.10. The zero-order valence-corrected chi connectivity index (χ0v) is 9.03. The first-order valence-electron chi connectivity index (χ1n) is 4.80. The van der Waals surface area contributed by atoms with Gasteiger partial charge in [-0.1, -0.05) is 18.2 Å². The number of rotatable bonds is 5. The highest BCUT2D eigenvalue weighted by molar-refractivity contribution is 5.94. The number of carbonyl (C=O) groups is 2. The molecular weight excluding hydrogens is 208 g/mol. The number of hydrogen-bond donors (Lipinski definition) is 2. The van der Waals surface area contributed by atoms with Crippen LogP contribution in [-0.4, -0.2) is 25.5 Å². The average molecular weight is 222 g/mol. The van der Waals surface area contributed by atoms with Crippen molar-refractivity contribution < 1.29 is 14.3 Å². The molecule has 1 aromatic rings. The van der Waals surface area contributed by atoms with Gasteiger partial charge in [0.2, 0.25) is 5.91 Å². The van der Waals surface area contributed by atoms with Gasteiger partial charge in [0.05, 0.1) is 13.7 Å². The Balaban J connectivity index is 2.60. The number of methoxy groups -OCH3 is 1. The number of primary amides is 1. The maximum absolute atomic E-state index is 11.1. The van der Waals surface area contributed by atoms with Crippen molar-refractivity contribution in [2.75, 3.05) is 13.7 Å². The summed E-state index contributed by atoms with van der Waals surface area (Å²) in [6, 6.07) is 6.98. The zero-order valence-electron chi connectivity index (χ0n) is 9.03. The molecule has 1 amide bonds. The van der Waals surface area contributed by atoms with E-state index in [-0.39, 0.29) is 12.5 Å². The summed E-state index contributed by atoms with van der Waals surface area (Å²) in [5, 5.41) is 2.87. The molecule has 0 atom stereocenters. The van der Waals surface area contributed by atoms with Crippen molar-refractivity contribution in [2.45, 2.75) is 6.54 Å². The lowest BCUT2D eigenvalue weighted by molar-refractivity contribution is -0.139. The predicted octanol–water partition coefficient (Wildman–Crippen LogP) is 0.0481. The van der Waals surface area contributed by atoms with Crippen LogP contribution in [0.25, 0.3) is 0 Å². The Labute approximate surface area is 93.6 Å². The van der Waals surface area contributed by atoms with E-state index in [0.29, 0.717) is 12.1 Å². The second-order valence-corrected chi connectivity index (χ2v) is 3.20. The van der Waals surface area contributed by atoms with E-state index in [2.05, 4.69) is 10.1 Å². The largest absolute Gasteiger partial charge is 0.468 e. The lowest BCUT2D eigenvalue weighted by atomic mass is 10.1. The molecule has 0 bridgehead atoms. The highest BCUT2D eigenvalue weighted by Gasteiger charge is 2.07.